The highest BCUT2D eigenvalue weighted by Gasteiger charge is 2.29. The summed E-state index contributed by atoms with van der Waals surface area (Å²) in [5.74, 6) is 0.955. The number of ether oxygens (including phenoxy) is 2. The Balaban J connectivity index is 1.67. The maximum atomic E-state index is 5.71. The molecule has 0 bridgehead atoms. The second kappa shape index (κ2) is 6.21. The van der Waals surface area contributed by atoms with Gasteiger partial charge in [-0.2, -0.15) is 0 Å². The first-order chi connectivity index (χ1) is 8.72. The van der Waals surface area contributed by atoms with Crippen LogP contribution in [0.25, 0.3) is 0 Å². The molecule has 1 aromatic rings. The molecule has 1 saturated heterocycles. The minimum Gasteiger partial charge on any atom is -0.492 e. The smallest absolute Gasteiger partial charge is 0.119 e. The number of methoxy groups -OCH3 is 1. The summed E-state index contributed by atoms with van der Waals surface area (Å²) in [7, 11) is 1.81. The summed E-state index contributed by atoms with van der Waals surface area (Å²) in [6, 6.07) is 10.00. The molecule has 1 aliphatic rings. The van der Waals surface area contributed by atoms with Crippen LogP contribution in [-0.2, 0) is 4.74 Å². The van der Waals surface area contributed by atoms with Gasteiger partial charge in [0.25, 0.3) is 0 Å². The first kappa shape index (κ1) is 13.4. The van der Waals surface area contributed by atoms with E-state index in [1.807, 2.05) is 37.4 Å². The molecule has 0 atom stereocenters. The Morgan fingerprint density at radius 3 is 2.44 bits per heavy atom. The van der Waals surface area contributed by atoms with E-state index in [0.717, 1.165) is 44.8 Å². The fourth-order valence-electron chi connectivity index (χ4n) is 2.26. The largest absolute Gasteiger partial charge is 0.492 e. The molecule has 3 nitrogen and oxygen atoms in total. The normalized spacial score (nSPS) is 19.7. The van der Waals surface area contributed by atoms with Crippen molar-refractivity contribution in [3.05, 3.63) is 30.3 Å². The van der Waals surface area contributed by atoms with E-state index in [9.17, 15) is 0 Å². The van der Waals surface area contributed by atoms with Gasteiger partial charge in [0.15, 0.2) is 0 Å². The van der Waals surface area contributed by atoms with Crippen molar-refractivity contribution < 1.29 is 9.47 Å². The van der Waals surface area contributed by atoms with Crippen molar-refractivity contribution in [1.29, 1.82) is 0 Å². The molecule has 0 aliphatic carbocycles. The van der Waals surface area contributed by atoms with E-state index >= 15 is 0 Å². The third kappa shape index (κ3) is 3.72. The van der Waals surface area contributed by atoms with Gasteiger partial charge in [0, 0.05) is 26.7 Å². The van der Waals surface area contributed by atoms with Crippen LogP contribution >= 0.6 is 0 Å². The summed E-state index contributed by atoms with van der Waals surface area (Å²) in [5, 5.41) is 0. The molecule has 0 spiro atoms. The van der Waals surface area contributed by atoms with Crippen LogP contribution in [0.3, 0.4) is 0 Å². The number of rotatable bonds is 5. The summed E-state index contributed by atoms with van der Waals surface area (Å²) < 4.78 is 11.3. The number of hydrogen-bond donors (Lipinski definition) is 0. The van der Waals surface area contributed by atoms with E-state index in [1.165, 1.54) is 0 Å². The molecule has 0 saturated carbocycles. The van der Waals surface area contributed by atoms with Crippen molar-refractivity contribution >= 4 is 0 Å². The Hall–Kier alpha value is -1.06. The van der Waals surface area contributed by atoms with Gasteiger partial charge in [-0.1, -0.05) is 18.2 Å². The van der Waals surface area contributed by atoms with Gasteiger partial charge in [0.1, 0.15) is 12.4 Å². The average molecular weight is 249 g/mol. The van der Waals surface area contributed by atoms with Gasteiger partial charge in [-0.05, 0) is 31.9 Å². The number of para-hydroxylation sites is 1. The number of piperidine rings is 1. The zero-order valence-electron chi connectivity index (χ0n) is 11.4. The van der Waals surface area contributed by atoms with Crippen molar-refractivity contribution in [2.75, 3.05) is 33.4 Å². The van der Waals surface area contributed by atoms with Gasteiger partial charge in [0.2, 0.25) is 0 Å². The highest BCUT2D eigenvalue weighted by Crippen LogP contribution is 2.24. The maximum Gasteiger partial charge on any atom is 0.119 e. The van der Waals surface area contributed by atoms with Crippen LogP contribution in [0.2, 0.25) is 0 Å². The topological polar surface area (TPSA) is 21.7 Å². The van der Waals surface area contributed by atoms with E-state index in [2.05, 4.69) is 11.8 Å². The molecule has 0 N–H and O–H groups in total. The van der Waals surface area contributed by atoms with Gasteiger partial charge in [0.05, 0.1) is 5.60 Å². The molecule has 3 heteroatoms. The molecule has 2 rings (SSSR count). The highest BCUT2D eigenvalue weighted by atomic mass is 16.5. The molecule has 0 radical (unpaired) electrons. The van der Waals surface area contributed by atoms with Crippen LogP contribution in [0.5, 0.6) is 5.75 Å². The zero-order chi connectivity index (χ0) is 12.8. The Kier molecular flexibility index (Phi) is 4.61. The molecule has 1 heterocycles. The summed E-state index contributed by atoms with van der Waals surface area (Å²) in [6.45, 7) is 6.15. The Labute approximate surface area is 110 Å². The van der Waals surface area contributed by atoms with Gasteiger partial charge in [-0.3, -0.25) is 4.90 Å². The summed E-state index contributed by atoms with van der Waals surface area (Å²) in [6.07, 6.45) is 2.21. The Morgan fingerprint density at radius 1 is 1.17 bits per heavy atom. The van der Waals surface area contributed by atoms with E-state index in [1.54, 1.807) is 0 Å². The van der Waals surface area contributed by atoms with Crippen LogP contribution in [-0.4, -0.2) is 43.9 Å². The molecule has 18 heavy (non-hydrogen) atoms. The first-order valence-electron chi connectivity index (χ1n) is 6.67. The van der Waals surface area contributed by atoms with Gasteiger partial charge < -0.3 is 9.47 Å². The molecule has 1 aliphatic heterocycles. The van der Waals surface area contributed by atoms with Crippen molar-refractivity contribution in [3.8, 4) is 5.75 Å². The Bertz CT molecular complexity index is 345. The first-order valence-corrected chi connectivity index (χ1v) is 6.67. The average Bonchev–Trinajstić information content (AvgIpc) is 2.42. The number of hydrogen-bond acceptors (Lipinski definition) is 3. The number of benzene rings is 1. The number of nitrogens with zero attached hydrogens (tertiary/aromatic N) is 1. The lowest BCUT2D eigenvalue weighted by atomic mass is 9.93. The fourth-order valence-corrected chi connectivity index (χ4v) is 2.26. The highest BCUT2D eigenvalue weighted by molar-refractivity contribution is 5.20. The van der Waals surface area contributed by atoms with Crippen LogP contribution in [0.15, 0.2) is 30.3 Å². The van der Waals surface area contributed by atoms with Crippen molar-refractivity contribution in [2.24, 2.45) is 0 Å². The second-order valence-corrected chi connectivity index (χ2v) is 5.16. The minimum atomic E-state index is 0.0801. The SMILES string of the molecule is COC1(C)CCN(CCOc2ccccc2)CC1. The number of likely N-dealkylation sites (tertiary alicyclic amines) is 1. The van der Waals surface area contributed by atoms with Crippen LogP contribution in [0, 0.1) is 0 Å². The van der Waals surface area contributed by atoms with Crippen molar-refractivity contribution in [1.82, 2.24) is 4.90 Å². The van der Waals surface area contributed by atoms with E-state index in [0.29, 0.717) is 0 Å². The fraction of sp³-hybridized carbons (Fsp3) is 0.600. The van der Waals surface area contributed by atoms with Crippen LogP contribution in [0.1, 0.15) is 19.8 Å². The third-order valence-corrected chi connectivity index (χ3v) is 3.83. The summed E-state index contributed by atoms with van der Waals surface area (Å²) in [4.78, 5) is 2.45. The van der Waals surface area contributed by atoms with Crippen molar-refractivity contribution in [2.45, 2.75) is 25.4 Å². The molecule has 0 unspecified atom stereocenters. The molecular weight excluding hydrogens is 226 g/mol. The quantitative estimate of drug-likeness (QED) is 0.800. The lowest BCUT2D eigenvalue weighted by Gasteiger charge is -2.38. The molecule has 100 valence electrons. The third-order valence-electron chi connectivity index (χ3n) is 3.83. The van der Waals surface area contributed by atoms with Gasteiger partial charge >= 0.3 is 0 Å². The second-order valence-electron chi connectivity index (χ2n) is 5.16. The lowest BCUT2D eigenvalue weighted by molar-refractivity contribution is -0.0439. The summed E-state index contributed by atoms with van der Waals surface area (Å²) >= 11 is 0. The molecule has 1 fully saturated rings. The van der Waals surface area contributed by atoms with Gasteiger partial charge in [-0.15, -0.1) is 0 Å². The predicted molar refractivity (Wildman–Crippen MR) is 73.0 cm³/mol. The lowest BCUT2D eigenvalue weighted by Crippen LogP contribution is -2.44. The van der Waals surface area contributed by atoms with Crippen LogP contribution < -0.4 is 4.74 Å². The van der Waals surface area contributed by atoms with Crippen molar-refractivity contribution in [3.63, 3.8) is 0 Å². The molecule has 0 aromatic heterocycles. The monoisotopic (exact) mass is 249 g/mol. The maximum absolute atomic E-state index is 5.71. The summed E-state index contributed by atoms with van der Waals surface area (Å²) in [5.41, 5.74) is 0.0801. The van der Waals surface area contributed by atoms with E-state index in [4.69, 9.17) is 9.47 Å². The van der Waals surface area contributed by atoms with E-state index < -0.39 is 0 Å². The molecule has 0 amide bonds. The van der Waals surface area contributed by atoms with Gasteiger partial charge in [-0.25, -0.2) is 0 Å². The molecular formula is C15H23NO2. The Morgan fingerprint density at radius 2 is 1.83 bits per heavy atom. The molecule has 1 aromatic carbocycles. The van der Waals surface area contributed by atoms with Crippen LogP contribution in [0.4, 0.5) is 0 Å². The van der Waals surface area contributed by atoms with E-state index in [-0.39, 0.29) is 5.60 Å². The standard InChI is InChI=1S/C15H23NO2/c1-15(17-2)8-10-16(11-9-15)12-13-18-14-6-4-3-5-7-14/h3-7H,8-13H2,1-2H3. The zero-order valence-corrected chi connectivity index (χ0v) is 11.4. The predicted octanol–water partition coefficient (Wildman–Crippen LogP) is 2.57. The minimum absolute atomic E-state index is 0.0801.